The molecule has 4 nitrogen and oxygen atoms in total. The first-order valence-electron chi connectivity index (χ1n) is 5.43. The van der Waals surface area contributed by atoms with Crippen LogP contribution in [0, 0.1) is 0 Å². The standard InChI is InChI=1S/C12H20N2O2/c1-5-11(15)14(12(16)6-2)10-9-13(7-3)8-4/h5-6H,1-2,7-10H2,3-4H3. The molecule has 0 saturated heterocycles. The lowest BCUT2D eigenvalue weighted by Crippen LogP contribution is -2.40. The summed E-state index contributed by atoms with van der Waals surface area (Å²) in [7, 11) is 0. The normalized spacial score (nSPS) is 9.94. The second kappa shape index (κ2) is 7.82. The third-order valence-electron chi connectivity index (χ3n) is 2.42. The van der Waals surface area contributed by atoms with Crippen LogP contribution < -0.4 is 0 Å². The van der Waals surface area contributed by atoms with Crippen LogP contribution in [-0.4, -0.2) is 47.8 Å². The highest BCUT2D eigenvalue weighted by Crippen LogP contribution is 1.96. The van der Waals surface area contributed by atoms with E-state index in [1.165, 1.54) is 0 Å². The van der Waals surface area contributed by atoms with E-state index < -0.39 is 0 Å². The van der Waals surface area contributed by atoms with Gasteiger partial charge in [-0.15, -0.1) is 0 Å². The molecule has 0 atom stereocenters. The van der Waals surface area contributed by atoms with Crippen molar-refractivity contribution in [2.24, 2.45) is 0 Å². The summed E-state index contributed by atoms with van der Waals surface area (Å²) in [6.45, 7) is 13.7. The Hall–Kier alpha value is -1.42. The van der Waals surface area contributed by atoms with Crippen LogP contribution in [0.1, 0.15) is 13.8 Å². The molecular weight excluding hydrogens is 204 g/mol. The zero-order valence-electron chi connectivity index (χ0n) is 10.1. The van der Waals surface area contributed by atoms with Crippen molar-refractivity contribution >= 4 is 11.8 Å². The quantitative estimate of drug-likeness (QED) is 0.607. The van der Waals surface area contributed by atoms with Gasteiger partial charge in [-0.1, -0.05) is 27.0 Å². The summed E-state index contributed by atoms with van der Waals surface area (Å²) in [4.78, 5) is 26.1. The van der Waals surface area contributed by atoms with Crippen molar-refractivity contribution < 1.29 is 9.59 Å². The van der Waals surface area contributed by atoms with Gasteiger partial charge in [0.15, 0.2) is 0 Å². The molecule has 16 heavy (non-hydrogen) atoms. The third-order valence-corrected chi connectivity index (χ3v) is 2.42. The van der Waals surface area contributed by atoms with Crippen LogP contribution in [0.4, 0.5) is 0 Å². The number of likely N-dealkylation sites (N-methyl/N-ethyl adjacent to an activating group) is 1. The fourth-order valence-electron chi connectivity index (χ4n) is 1.33. The molecular formula is C12H20N2O2. The minimum Gasteiger partial charge on any atom is -0.302 e. The molecule has 0 fully saturated rings. The largest absolute Gasteiger partial charge is 0.302 e. The highest BCUT2D eigenvalue weighted by molar-refractivity contribution is 6.04. The summed E-state index contributed by atoms with van der Waals surface area (Å²) in [6.07, 6.45) is 2.28. The lowest BCUT2D eigenvalue weighted by molar-refractivity contribution is -0.138. The molecule has 0 aliphatic heterocycles. The van der Waals surface area contributed by atoms with Crippen molar-refractivity contribution in [2.45, 2.75) is 13.8 Å². The Balaban J connectivity index is 4.43. The van der Waals surface area contributed by atoms with Gasteiger partial charge >= 0.3 is 0 Å². The van der Waals surface area contributed by atoms with Crippen LogP contribution in [-0.2, 0) is 9.59 Å². The second-order valence-electron chi connectivity index (χ2n) is 3.26. The van der Waals surface area contributed by atoms with Gasteiger partial charge in [0.2, 0.25) is 0 Å². The summed E-state index contributed by atoms with van der Waals surface area (Å²) in [5, 5.41) is 0. The number of nitrogens with zero attached hydrogens (tertiary/aromatic N) is 2. The molecule has 0 heterocycles. The number of amides is 2. The summed E-state index contributed by atoms with van der Waals surface area (Å²) >= 11 is 0. The van der Waals surface area contributed by atoms with E-state index in [0.29, 0.717) is 13.1 Å². The first-order valence-corrected chi connectivity index (χ1v) is 5.43. The number of hydrogen-bond donors (Lipinski definition) is 0. The van der Waals surface area contributed by atoms with Gasteiger partial charge in [0.1, 0.15) is 0 Å². The molecule has 0 rings (SSSR count). The minimum atomic E-state index is -0.378. The molecule has 0 aliphatic rings. The maximum Gasteiger partial charge on any atom is 0.252 e. The zero-order chi connectivity index (χ0) is 12.6. The Kier molecular flexibility index (Phi) is 7.12. The van der Waals surface area contributed by atoms with Crippen LogP contribution in [0.3, 0.4) is 0 Å². The predicted molar refractivity (Wildman–Crippen MR) is 64.9 cm³/mol. The van der Waals surface area contributed by atoms with Crippen LogP contribution in [0.5, 0.6) is 0 Å². The summed E-state index contributed by atoms with van der Waals surface area (Å²) < 4.78 is 0. The Labute approximate surface area is 97.2 Å². The Bertz CT molecular complexity index is 250. The summed E-state index contributed by atoms with van der Waals surface area (Å²) in [5.74, 6) is -0.755. The van der Waals surface area contributed by atoms with E-state index in [4.69, 9.17) is 0 Å². The van der Waals surface area contributed by atoms with Gasteiger partial charge in [0.25, 0.3) is 11.8 Å². The van der Waals surface area contributed by atoms with Crippen LogP contribution in [0.25, 0.3) is 0 Å². The lowest BCUT2D eigenvalue weighted by Gasteiger charge is -2.23. The zero-order valence-corrected chi connectivity index (χ0v) is 10.1. The van der Waals surface area contributed by atoms with Gasteiger partial charge in [0.05, 0.1) is 0 Å². The maximum absolute atomic E-state index is 11.4. The average molecular weight is 224 g/mol. The average Bonchev–Trinajstić information content (AvgIpc) is 2.33. The van der Waals surface area contributed by atoms with Crippen molar-refractivity contribution in [1.82, 2.24) is 9.80 Å². The van der Waals surface area contributed by atoms with Crippen molar-refractivity contribution in [2.75, 3.05) is 26.2 Å². The van der Waals surface area contributed by atoms with Crippen LogP contribution in [0.2, 0.25) is 0 Å². The molecule has 0 aromatic carbocycles. The maximum atomic E-state index is 11.4. The smallest absolute Gasteiger partial charge is 0.252 e. The molecule has 0 saturated carbocycles. The molecule has 0 N–H and O–H groups in total. The van der Waals surface area contributed by atoms with E-state index in [-0.39, 0.29) is 11.8 Å². The first-order chi connectivity index (χ1) is 7.60. The highest BCUT2D eigenvalue weighted by atomic mass is 16.2. The molecule has 0 aromatic heterocycles. The Morgan fingerprint density at radius 3 is 1.75 bits per heavy atom. The first kappa shape index (κ1) is 14.6. The fraction of sp³-hybridized carbons (Fsp3) is 0.500. The SMILES string of the molecule is C=CC(=O)N(CCN(CC)CC)C(=O)C=C. The minimum absolute atomic E-state index is 0.372. The summed E-state index contributed by atoms with van der Waals surface area (Å²) in [6, 6.07) is 0. The van der Waals surface area contributed by atoms with Crippen LogP contribution >= 0.6 is 0 Å². The summed E-state index contributed by atoms with van der Waals surface area (Å²) in [5.41, 5.74) is 0. The topological polar surface area (TPSA) is 40.6 Å². The van der Waals surface area contributed by atoms with Gasteiger partial charge in [-0.2, -0.15) is 0 Å². The molecule has 0 aromatic rings. The Morgan fingerprint density at radius 1 is 1.00 bits per heavy atom. The monoisotopic (exact) mass is 224 g/mol. The number of rotatable bonds is 7. The van der Waals surface area contributed by atoms with E-state index in [1.807, 2.05) is 13.8 Å². The second-order valence-corrected chi connectivity index (χ2v) is 3.26. The molecule has 0 spiro atoms. The molecule has 90 valence electrons. The van der Waals surface area contributed by atoms with Crippen LogP contribution in [0.15, 0.2) is 25.3 Å². The molecule has 4 heteroatoms. The molecule has 2 amide bonds. The number of imide groups is 1. The fourth-order valence-corrected chi connectivity index (χ4v) is 1.33. The van der Waals surface area contributed by atoms with Crippen molar-refractivity contribution in [3.63, 3.8) is 0 Å². The van der Waals surface area contributed by atoms with Crippen molar-refractivity contribution in [3.05, 3.63) is 25.3 Å². The highest BCUT2D eigenvalue weighted by Gasteiger charge is 2.16. The number of hydrogen-bond acceptors (Lipinski definition) is 3. The van der Waals surface area contributed by atoms with Gasteiger partial charge in [-0.05, 0) is 25.2 Å². The van der Waals surface area contributed by atoms with Gasteiger partial charge in [0, 0.05) is 13.1 Å². The van der Waals surface area contributed by atoms with Gasteiger partial charge in [-0.25, -0.2) is 0 Å². The van der Waals surface area contributed by atoms with E-state index in [9.17, 15) is 9.59 Å². The molecule has 0 bridgehead atoms. The van der Waals surface area contributed by atoms with E-state index in [2.05, 4.69) is 18.1 Å². The lowest BCUT2D eigenvalue weighted by atomic mass is 10.3. The number of carbonyl (C=O) groups is 2. The number of carbonyl (C=O) groups excluding carboxylic acids is 2. The Morgan fingerprint density at radius 2 is 1.44 bits per heavy atom. The van der Waals surface area contributed by atoms with Gasteiger partial charge < -0.3 is 4.90 Å². The molecule has 0 unspecified atom stereocenters. The van der Waals surface area contributed by atoms with E-state index >= 15 is 0 Å². The molecule has 0 radical (unpaired) electrons. The third kappa shape index (κ3) is 4.40. The van der Waals surface area contributed by atoms with Crippen molar-refractivity contribution in [3.8, 4) is 0 Å². The molecule has 0 aliphatic carbocycles. The van der Waals surface area contributed by atoms with E-state index in [0.717, 1.165) is 30.1 Å². The predicted octanol–water partition coefficient (Wildman–Crippen LogP) is 1.06. The van der Waals surface area contributed by atoms with Gasteiger partial charge in [-0.3, -0.25) is 14.5 Å². The van der Waals surface area contributed by atoms with Crippen molar-refractivity contribution in [1.29, 1.82) is 0 Å². The van der Waals surface area contributed by atoms with E-state index in [1.54, 1.807) is 0 Å².